The second kappa shape index (κ2) is 7.93. The Morgan fingerprint density at radius 1 is 1.03 bits per heavy atom. The Bertz CT molecular complexity index is 1170. The van der Waals surface area contributed by atoms with Crippen LogP contribution >= 0.6 is 0 Å². The van der Waals surface area contributed by atoms with Crippen LogP contribution in [0.15, 0.2) is 65.6 Å². The molecular formula is C24H27NO4S. The van der Waals surface area contributed by atoms with Crippen molar-refractivity contribution < 1.29 is 17.9 Å². The van der Waals surface area contributed by atoms with Crippen LogP contribution in [-0.4, -0.2) is 21.1 Å². The zero-order chi connectivity index (χ0) is 21.4. The fourth-order valence-corrected chi connectivity index (χ4v) is 5.41. The van der Waals surface area contributed by atoms with Crippen molar-refractivity contribution in [1.29, 1.82) is 0 Å². The van der Waals surface area contributed by atoms with Crippen LogP contribution in [0, 0.1) is 0 Å². The van der Waals surface area contributed by atoms with Gasteiger partial charge in [-0.3, -0.25) is 0 Å². The van der Waals surface area contributed by atoms with Crippen molar-refractivity contribution in [2.24, 2.45) is 0 Å². The third kappa shape index (κ3) is 3.77. The first-order valence-electron chi connectivity index (χ1n) is 10.3. The van der Waals surface area contributed by atoms with Crippen molar-refractivity contribution in [3.8, 4) is 11.5 Å². The quantitative estimate of drug-likeness (QED) is 0.589. The Kier molecular flexibility index (Phi) is 5.47. The van der Waals surface area contributed by atoms with Gasteiger partial charge in [-0.2, -0.15) is 0 Å². The molecule has 0 aliphatic carbocycles. The molecule has 1 heterocycles. The highest BCUT2D eigenvalue weighted by atomic mass is 32.2. The number of sulfonamides is 1. The summed E-state index contributed by atoms with van der Waals surface area (Å²) in [5.41, 5.74) is 0.505. The first-order chi connectivity index (χ1) is 14.4. The third-order valence-electron chi connectivity index (χ3n) is 6.11. The minimum atomic E-state index is -3.71. The Labute approximate surface area is 178 Å². The molecular weight excluding hydrogens is 398 g/mol. The van der Waals surface area contributed by atoms with Crippen molar-refractivity contribution in [2.75, 3.05) is 7.11 Å². The van der Waals surface area contributed by atoms with Crippen molar-refractivity contribution in [3.63, 3.8) is 0 Å². The van der Waals surface area contributed by atoms with Crippen LogP contribution in [0.2, 0.25) is 0 Å². The SMILES string of the molecule is CCC1(CC)C[C@@H](NS(=O)(=O)c2ccc3cc(OC)ccc3c2)c2ccccc2O1. The number of para-hydroxylation sites is 1. The molecule has 0 fully saturated rings. The van der Waals surface area contributed by atoms with Gasteiger partial charge >= 0.3 is 0 Å². The lowest BCUT2D eigenvalue weighted by Gasteiger charge is -2.41. The molecule has 0 radical (unpaired) electrons. The van der Waals surface area contributed by atoms with Gasteiger partial charge < -0.3 is 9.47 Å². The van der Waals surface area contributed by atoms with E-state index in [0.717, 1.165) is 40.7 Å². The van der Waals surface area contributed by atoms with Gasteiger partial charge in [-0.25, -0.2) is 13.1 Å². The van der Waals surface area contributed by atoms with E-state index in [2.05, 4.69) is 18.6 Å². The molecule has 5 nitrogen and oxygen atoms in total. The zero-order valence-electron chi connectivity index (χ0n) is 17.5. The predicted octanol–water partition coefficient (Wildman–Crippen LogP) is 5.21. The van der Waals surface area contributed by atoms with Crippen LogP contribution in [0.5, 0.6) is 11.5 Å². The van der Waals surface area contributed by atoms with Gasteiger partial charge in [-0.05, 0) is 53.9 Å². The van der Waals surface area contributed by atoms with Gasteiger partial charge in [0.05, 0.1) is 18.0 Å². The molecule has 0 amide bonds. The summed E-state index contributed by atoms with van der Waals surface area (Å²) in [6.07, 6.45) is 2.22. The summed E-state index contributed by atoms with van der Waals surface area (Å²) in [6, 6.07) is 18.1. The molecule has 1 N–H and O–H groups in total. The van der Waals surface area contributed by atoms with E-state index < -0.39 is 10.0 Å². The molecule has 0 spiro atoms. The fourth-order valence-electron chi connectivity index (χ4n) is 4.16. The monoisotopic (exact) mass is 425 g/mol. The first-order valence-corrected chi connectivity index (χ1v) is 11.8. The smallest absolute Gasteiger partial charge is 0.241 e. The lowest BCUT2D eigenvalue weighted by molar-refractivity contribution is 0.0260. The van der Waals surface area contributed by atoms with Crippen LogP contribution in [0.4, 0.5) is 0 Å². The van der Waals surface area contributed by atoms with E-state index >= 15 is 0 Å². The molecule has 1 aliphatic rings. The average molecular weight is 426 g/mol. The topological polar surface area (TPSA) is 64.6 Å². The molecule has 0 bridgehead atoms. The number of benzene rings is 3. The largest absolute Gasteiger partial charge is 0.497 e. The van der Waals surface area contributed by atoms with Crippen molar-refractivity contribution >= 4 is 20.8 Å². The Hall–Kier alpha value is -2.57. The van der Waals surface area contributed by atoms with Crippen LogP contribution < -0.4 is 14.2 Å². The van der Waals surface area contributed by atoms with Gasteiger partial charge in [-0.15, -0.1) is 0 Å². The Balaban J connectivity index is 1.69. The molecule has 0 aromatic heterocycles. The highest BCUT2D eigenvalue weighted by molar-refractivity contribution is 7.89. The number of ether oxygens (including phenoxy) is 2. The second-order valence-electron chi connectivity index (χ2n) is 7.78. The van der Waals surface area contributed by atoms with Gasteiger partial charge in [0.1, 0.15) is 17.1 Å². The second-order valence-corrected chi connectivity index (χ2v) is 9.50. The van der Waals surface area contributed by atoms with Crippen molar-refractivity contribution in [2.45, 2.75) is 49.6 Å². The van der Waals surface area contributed by atoms with E-state index in [0.29, 0.717) is 6.42 Å². The third-order valence-corrected chi connectivity index (χ3v) is 7.58. The summed E-state index contributed by atoms with van der Waals surface area (Å²) in [6.45, 7) is 4.17. The standard InChI is InChI=1S/C24H27NO4S/c1-4-24(5-2)16-22(21-8-6-7-9-23(21)29-24)25-30(26,27)20-13-11-17-14-19(28-3)12-10-18(17)15-20/h6-15,22,25H,4-5,16H2,1-3H3/t22-/m1/s1. The summed E-state index contributed by atoms with van der Waals surface area (Å²) >= 11 is 0. The molecule has 3 aromatic rings. The van der Waals surface area contributed by atoms with Gasteiger partial charge in [-0.1, -0.05) is 44.2 Å². The van der Waals surface area contributed by atoms with Gasteiger partial charge in [0.2, 0.25) is 10.0 Å². The predicted molar refractivity (Wildman–Crippen MR) is 119 cm³/mol. The number of methoxy groups -OCH3 is 1. The molecule has 3 aromatic carbocycles. The van der Waals surface area contributed by atoms with Gasteiger partial charge in [0.15, 0.2) is 0 Å². The number of fused-ring (bicyclic) bond motifs is 2. The van der Waals surface area contributed by atoms with E-state index in [9.17, 15) is 8.42 Å². The summed E-state index contributed by atoms with van der Waals surface area (Å²) in [5, 5.41) is 1.78. The molecule has 158 valence electrons. The number of hydrogen-bond acceptors (Lipinski definition) is 4. The minimum absolute atomic E-state index is 0.253. The van der Waals surface area contributed by atoms with E-state index in [1.807, 2.05) is 48.5 Å². The molecule has 30 heavy (non-hydrogen) atoms. The normalized spacial score (nSPS) is 17.9. The van der Waals surface area contributed by atoms with E-state index in [1.54, 1.807) is 19.2 Å². The summed E-state index contributed by atoms with van der Waals surface area (Å²) in [7, 11) is -2.10. The van der Waals surface area contributed by atoms with E-state index in [1.165, 1.54) is 0 Å². The Morgan fingerprint density at radius 2 is 1.73 bits per heavy atom. The molecule has 1 aliphatic heterocycles. The molecule has 4 rings (SSSR count). The maximum Gasteiger partial charge on any atom is 0.241 e. The number of hydrogen-bond donors (Lipinski definition) is 1. The van der Waals surface area contributed by atoms with Gasteiger partial charge in [0.25, 0.3) is 0 Å². The Morgan fingerprint density at radius 3 is 2.47 bits per heavy atom. The van der Waals surface area contributed by atoms with E-state index in [-0.39, 0.29) is 16.5 Å². The van der Waals surface area contributed by atoms with Crippen LogP contribution in [0.1, 0.15) is 44.7 Å². The highest BCUT2D eigenvalue weighted by Crippen LogP contribution is 2.43. The maximum atomic E-state index is 13.3. The van der Waals surface area contributed by atoms with Crippen LogP contribution in [0.3, 0.4) is 0 Å². The lowest BCUT2D eigenvalue weighted by Crippen LogP contribution is -2.44. The molecule has 0 saturated carbocycles. The van der Waals surface area contributed by atoms with Crippen molar-refractivity contribution in [1.82, 2.24) is 4.72 Å². The molecule has 0 saturated heterocycles. The molecule has 6 heteroatoms. The average Bonchev–Trinajstić information content (AvgIpc) is 2.77. The minimum Gasteiger partial charge on any atom is -0.497 e. The van der Waals surface area contributed by atoms with Gasteiger partial charge in [0, 0.05) is 12.0 Å². The number of rotatable bonds is 6. The first kappa shape index (κ1) is 20.7. The summed E-state index contributed by atoms with van der Waals surface area (Å²) in [5.74, 6) is 1.50. The summed E-state index contributed by atoms with van der Waals surface area (Å²) in [4.78, 5) is 0.253. The van der Waals surface area contributed by atoms with Crippen molar-refractivity contribution in [3.05, 3.63) is 66.2 Å². The van der Waals surface area contributed by atoms with Crippen LogP contribution in [-0.2, 0) is 10.0 Å². The molecule has 1 atom stereocenters. The highest BCUT2D eigenvalue weighted by Gasteiger charge is 2.40. The molecule has 0 unspecified atom stereocenters. The van der Waals surface area contributed by atoms with Crippen LogP contribution in [0.25, 0.3) is 10.8 Å². The zero-order valence-corrected chi connectivity index (χ0v) is 18.3. The van der Waals surface area contributed by atoms with E-state index in [4.69, 9.17) is 9.47 Å². The maximum absolute atomic E-state index is 13.3. The number of nitrogens with one attached hydrogen (secondary N) is 1. The fraction of sp³-hybridized carbons (Fsp3) is 0.333. The lowest BCUT2D eigenvalue weighted by atomic mass is 9.84. The summed E-state index contributed by atoms with van der Waals surface area (Å²) < 4.78 is 41.1.